The summed E-state index contributed by atoms with van der Waals surface area (Å²) in [5.41, 5.74) is 0.223. The van der Waals surface area contributed by atoms with Gasteiger partial charge < -0.3 is 15.4 Å². The van der Waals surface area contributed by atoms with Crippen molar-refractivity contribution in [2.24, 2.45) is 5.92 Å². The number of carbonyl (C=O) groups is 1. The largest absolute Gasteiger partial charge is 0.408 e. The molecule has 124 valence electrons. The minimum Gasteiger partial charge on any atom is -0.381 e. The van der Waals surface area contributed by atoms with Crippen molar-refractivity contribution < 1.29 is 22.7 Å². The summed E-state index contributed by atoms with van der Waals surface area (Å²) >= 11 is 0. The molecule has 0 spiro atoms. The van der Waals surface area contributed by atoms with Crippen LogP contribution in [0.2, 0.25) is 0 Å². The summed E-state index contributed by atoms with van der Waals surface area (Å²) in [6, 6.07) is -0.486. The topological polar surface area (TPSA) is 68.2 Å². The van der Waals surface area contributed by atoms with Gasteiger partial charge in [0.2, 0.25) is 0 Å². The fourth-order valence-electron chi connectivity index (χ4n) is 2.41. The molecule has 1 aromatic heterocycles. The first kappa shape index (κ1) is 16.6. The molecule has 0 aliphatic carbocycles. The highest BCUT2D eigenvalue weighted by atomic mass is 19.4. The number of nitrogens with one attached hydrogen (secondary N) is 2. The molecule has 0 saturated carbocycles. The standard InChI is InChI=1S/C13H19F3N4O2/c1-9(10-2-4-22-5-3-10)18-12(21)19-11-6-17-20(7-11)8-13(14,15)16/h6-7,9-10H,2-5,8H2,1H3,(H2,18,19,21). The number of halogens is 3. The number of urea groups is 1. The first-order chi connectivity index (χ1) is 10.3. The lowest BCUT2D eigenvalue weighted by Gasteiger charge is -2.28. The fraction of sp³-hybridized carbons (Fsp3) is 0.692. The summed E-state index contributed by atoms with van der Waals surface area (Å²) < 4.78 is 42.7. The van der Waals surface area contributed by atoms with Gasteiger partial charge in [0, 0.05) is 25.5 Å². The number of hydrogen-bond acceptors (Lipinski definition) is 3. The number of alkyl halides is 3. The van der Waals surface area contributed by atoms with E-state index in [2.05, 4.69) is 15.7 Å². The quantitative estimate of drug-likeness (QED) is 0.895. The minimum atomic E-state index is -4.34. The minimum absolute atomic E-state index is 0.0332. The second-order valence-corrected chi connectivity index (χ2v) is 5.38. The number of carbonyl (C=O) groups excluding carboxylic acids is 1. The van der Waals surface area contributed by atoms with Crippen LogP contribution in [-0.4, -0.2) is 41.2 Å². The van der Waals surface area contributed by atoms with Crippen molar-refractivity contribution >= 4 is 11.7 Å². The smallest absolute Gasteiger partial charge is 0.381 e. The number of nitrogens with zero attached hydrogens (tertiary/aromatic N) is 2. The van der Waals surface area contributed by atoms with Crippen molar-refractivity contribution in [2.45, 2.75) is 38.5 Å². The SMILES string of the molecule is CC(NC(=O)Nc1cnn(CC(F)(F)F)c1)C1CCOCC1. The summed E-state index contributed by atoms with van der Waals surface area (Å²) in [5, 5.41) is 8.84. The van der Waals surface area contributed by atoms with Crippen molar-refractivity contribution in [1.82, 2.24) is 15.1 Å². The average Bonchev–Trinajstić information content (AvgIpc) is 2.84. The van der Waals surface area contributed by atoms with Gasteiger partial charge in [0.1, 0.15) is 6.54 Å². The average molecular weight is 320 g/mol. The van der Waals surface area contributed by atoms with Crippen LogP contribution >= 0.6 is 0 Å². The predicted octanol–water partition coefficient (Wildman–Crippen LogP) is 2.38. The Kier molecular flexibility index (Phi) is 5.28. The van der Waals surface area contributed by atoms with Gasteiger partial charge in [-0.05, 0) is 25.7 Å². The third-order valence-corrected chi connectivity index (χ3v) is 3.56. The number of amides is 2. The van der Waals surface area contributed by atoms with E-state index in [0.717, 1.165) is 23.7 Å². The molecule has 2 heterocycles. The van der Waals surface area contributed by atoms with Crippen molar-refractivity contribution in [3.05, 3.63) is 12.4 Å². The molecule has 2 rings (SSSR count). The zero-order valence-electron chi connectivity index (χ0n) is 12.2. The first-order valence-corrected chi connectivity index (χ1v) is 7.08. The van der Waals surface area contributed by atoms with E-state index in [1.54, 1.807) is 0 Å². The maximum Gasteiger partial charge on any atom is 0.408 e. The van der Waals surface area contributed by atoms with E-state index >= 15 is 0 Å². The van der Waals surface area contributed by atoms with E-state index in [1.807, 2.05) is 6.92 Å². The molecule has 2 amide bonds. The van der Waals surface area contributed by atoms with Crippen LogP contribution in [0.1, 0.15) is 19.8 Å². The van der Waals surface area contributed by atoms with Gasteiger partial charge in [-0.3, -0.25) is 4.68 Å². The molecule has 1 fully saturated rings. The molecule has 0 radical (unpaired) electrons. The second kappa shape index (κ2) is 6.99. The molecule has 2 N–H and O–H groups in total. The highest BCUT2D eigenvalue weighted by molar-refractivity contribution is 5.89. The molecule has 22 heavy (non-hydrogen) atoms. The van der Waals surface area contributed by atoms with Gasteiger partial charge in [-0.1, -0.05) is 0 Å². The number of hydrogen-bond donors (Lipinski definition) is 2. The molecule has 1 atom stereocenters. The Morgan fingerprint density at radius 3 is 2.82 bits per heavy atom. The third-order valence-electron chi connectivity index (χ3n) is 3.56. The lowest BCUT2D eigenvalue weighted by Crippen LogP contribution is -2.42. The number of ether oxygens (including phenoxy) is 1. The van der Waals surface area contributed by atoms with E-state index < -0.39 is 18.8 Å². The molecule has 9 heteroatoms. The Morgan fingerprint density at radius 2 is 2.18 bits per heavy atom. The van der Waals surface area contributed by atoms with Gasteiger partial charge in [0.15, 0.2) is 0 Å². The van der Waals surface area contributed by atoms with E-state index in [-0.39, 0.29) is 11.7 Å². The lowest BCUT2D eigenvalue weighted by molar-refractivity contribution is -0.142. The summed E-state index contributed by atoms with van der Waals surface area (Å²) in [5.74, 6) is 0.340. The van der Waals surface area contributed by atoms with Crippen LogP contribution in [-0.2, 0) is 11.3 Å². The molecular weight excluding hydrogens is 301 g/mol. The van der Waals surface area contributed by atoms with Crippen LogP contribution in [0.5, 0.6) is 0 Å². The Balaban J connectivity index is 1.81. The molecule has 1 saturated heterocycles. The summed E-state index contributed by atoms with van der Waals surface area (Å²) in [6.45, 7) is 2.09. The molecule has 1 aliphatic rings. The molecule has 1 unspecified atom stereocenters. The Bertz CT molecular complexity index is 498. The first-order valence-electron chi connectivity index (χ1n) is 7.08. The fourth-order valence-corrected chi connectivity index (χ4v) is 2.41. The number of rotatable bonds is 4. The lowest BCUT2D eigenvalue weighted by atomic mass is 9.93. The van der Waals surface area contributed by atoms with Crippen LogP contribution in [0.3, 0.4) is 0 Å². The van der Waals surface area contributed by atoms with Crippen LogP contribution in [0.25, 0.3) is 0 Å². The number of aromatic nitrogens is 2. The van der Waals surface area contributed by atoms with Crippen molar-refractivity contribution in [3.63, 3.8) is 0 Å². The van der Waals surface area contributed by atoms with Crippen molar-refractivity contribution in [1.29, 1.82) is 0 Å². The maximum atomic E-state index is 12.2. The summed E-state index contributed by atoms with van der Waals surface area (Å²) in [6.07, 6.45) is -0.254. The highest BCUT2D eigenvalue weighted by Crippen LogP contribution is 2.19. The van der Waals surface area contributed by atoms with Gasteiger partial charge in [0.25, 0.3) is 0 Å². The van der Waals surface area contributed by atoms with E-state index in [4.69, 9.17) is 4.74 Å². The van der Waals surface area contributed by atoms with Gasteiger partial charge in [-0.25, -0.2) is 4.79 Å². The molecule has 0 aromatic carbocycles. The zero-order valence-corrected chi connectivity index (χ0v) is 12.2. The molecule has 1 aliphatic heterocycles. The van der Waals surface area contributed by atoms with E-state index in [0.29, 0.717) is 19.1 Å². The van der Waals surface area contributed by atoms with Crippen molar-refractivity contribution in [2.75, 3.05) is 18.5 Å². The molecule has 0 bridgehead atoms. The van der Waals surface area contributed by atoms with Crippen LogP contribution in [0, 0.1) is 5.92 Å². The van der Waals surface area contributed by atoms with E-state index in [1.165, 1.54) is 6.20 Å². The predicted molar refractivity (Wildman–Crippen MR) is 73.4 cm³/mol. The van der Waals surface area contributed by atoms with Crippen molar-refractivity contribution in [3.8, 4) is 0 Å². The van der Waals surface area contributed by atoms with Gasteiger partial charge in [-0.15, -0.1) is 0 Å². The van der Waals surface area contributed by atoms with Crippen LogP contribution in [0.4, 0.5) is 23.7 Å². The molecule has 1 aromatic rings. The summed E-state index contributed by atoms with van der Waals surface area (Å²) in [4.78, 5) is 11.8. The van der Waals surface area contributed by atoms with Crippen LogP contribution < -0.4 is 10.6 Å². The second-order valence-electron chi connectivity index (χ2n) is 5.38. The van der Waals surface area contributed by atoms with Crippen LogP contribution in [0.15, 0.2) is 12.4 Å². The maximum absolute atomic E-state index is 12.2. The number of anilines is 1. The van der Waals surface area contributed by atoms with Gasteiger partial charge in [-0.2, -0.15) is 18.3 Å². The zero-order chi connectivity index (χ0) is 16.2. The normalized spacial score (nSPS) is 18.0. The monoisotopic (exact) mass is 320 g/mol. The van der Waals surface area contributed by atoms with Gasteiger partial charge in [0.05, 0.1) is 11.9 Å². The van der Waals surface area contributed by atoms with Gasteiger partial charge >= 0.3 is 12.2 Å². The Hall–Kier alpha value is -1.77. The molecular formula is C13H19F3N4O2. The highest BCUT2D eigenvalue weighted by Gasteiger charge is 2.28. The Morgan fingerprint density at radius 1 is 1.50 bits per heavy atom. The molecule has 6 nitrogen and oxygen atoms in total. The Labute approximate surface area is 126 Å². The third kappa shape index (κ3) is 5.21. The summed E-state index contributed by atoms with van der Waals surface area (Å²) in [7, 11) is 0. The van der Waals surface area contributed by atoms with E-state index in [9.17, 15) is 18.0 Å².